The molecule has 6 nitrogen and oxygen atoms in total. The summed E-state index contributed by atoms with van der Waals surface area (Å²) in [7, 11) is 0. The first kappa shape index (κ1) is 71.8. The third-order valence-corrected chi connectivity index (χ3v) is 15.9. The van der Waals surface area contributed by atoms with Gasteiger partial charge in [-0.1, -0.05) is 327 Å². The second kappa shape index (κ2) is 61.6. The minimum atomic E-state index is -1.28. The molecule has 1 amide bonds. The number of amides is 1. The molecule has 0 aromatic carbocycles. The van der Waals surface area contributed by atoms with Crippen LogP contribution in [0.25, 0.3) is 0 Å². The predicted molar refractivity (Wildman–Crippen MR) is 321 cm³/mol. The monoisotopic (exact) mass is 1030 g/mol. The van der Waals surface area contributed by atoms with Gasteiger partial charge in [0.15, 0.2) is 0 Å². The maximum atomic E-state index is 12.6. The number of aliphatic hydroxyl groups is 4. The summed E-state index contributed by atoms with van der Waals surface area (Å²) in [5.41, 5.74) is 0. The summed E-state index contributed by atoms with van der Waals surface area (Å²) in [5.74, 6) is -0.587. The second-order valence-corrected chi connectivity index (χ2v) is 23.2. The molecule has 4 unspecified atom stereocenters. The van der Waals surface area contributed by atoms with Gasteiger partial charge in [0.25, 0.3) is 0 Å². The van der Waals surface area contributed by atoms with Crippen LogP contribution < -0.4 is 5.32 Å². The van der Waals surface area contributed by atoms with Gasteiger partial charge in [0.2, 0.25) is 5.91 Å². The average molecular weight is 1030 g/mol. The van der Waals surface area contributed by atoms with Crippen LogP contribution in [-0.2, 0) is 4.79 Å². The van der Waals surface area contributed by atoms with Gasteiger partial charge in [-0.2, -0.15) is 0 Å². The molecule has 0 saturated carbocycles. The van der Waals surface area contributed by atoms with Gasteiger partial charge < -0.3 is 25.7 Å². The van der Waals surface area contributed by atoms with E-state index in [4.69, 9.17) is 0 Å². The molecular formula is C67H131NO5. The fraction of sp³-hybridized carbons (Fsp3) is 0.925. The van der Waals surface area contributed by atoms with Crippen molar-refractivity contribution in [3.8, 4) is 0 Å². The Morgan fingerprint density at radius 3 is 0.822 bits per heavy atom. The molecule has 0 fully saturated rings. The number of hydrogen-bond donors (Lipinski definition) is 5. The summed E-state index contributed by atoms with van der Waals surface area (Å²) >= 11 is 0. The molecule has 0 aliphatic heterocycles. The molecule has 5 N–H and O–H groups in total. The van der Waals surface area contributed by atoms with E-state index in [0.29, 0.717) is 12.8 Å². The van der Waals surface area contributed by atoms with Gasteiger partial charge in [-0.05, 0) is 64.2 Å². The third kappa shape index (κ3) is 55.4. The van der Waals surface area contributed by atoms with Crippen LogP contribution in [0.15, 0.2) is 24.3 Å². The first-order chi connectivity index (χ1) is 36.0. The van der Waals surface area contributed by atoms with Crippen LogP contribution in [0.4, 0.5) is 0 Å². The van der Waals surface area contributed by atoms with Crippen LogP contribution >= 0.6 is 0 Å². The van der Waals surface area contributed by atoms with Gasteiger partial charge in [0.1, 0.15) is 12.2 Å². The number of unbranched alkanes of at least 4 members (excludes halogenated alkanes) is 49. The minimum Gasteiger partial charge on any atom is -0.394 e. The molecule has 0 bridgehead atoms. The number of carbonyl (C=O) groups excluding carboxylic acids is 1. The zero-order chi connectivity index (χ0) is 53.0. The fourth-order valence-corrected chi connectivity index (χ4v) is 10.7. The van der Waals surface area contributed by atoms with E-state index in [0.717, 1.165) is 38.5 Å². The summed E-state index contributed by atoms with van der Waals surface area (Å²) in [4.78, 5) is 12.6. The van der Waals surface area contributed by atoms with Crippen molar-refractivity contribution >= 4 is 5.91 Å². The Morgan fingerprint density at radius 2 is 0.562 bits per heavy atom. The van der Waals surface area contributed by atoms with Crippen LogP contribution in [-0.4, -0.2) is 57.3 Å². The largest absolute Gasteiger partial charge is 0.394 e. The summed E-state index contributed by atoms with van der Waals surface area (Å²) in [6, 6.07) is -1.00. The zero-order valence-corrected chi connectivity index (χ0v) is 49.4. The number of allylic oxidation sites excluding steroid dienone is 4. The Hall–Kier alpha value is -1.21. The molecule has 73 heavy (non-hydrogen) atoms. The molecule has 0 aromatic rings. The van der Waals surface area contributed by atoms with Gasteiger partial charge in [0.05, 0.1) is 18.8 Å². The number of carbonyl (C=O) groups is 1. The number of rotatable bonds is 62. The molecule has 0 aliphatic rings. The minimum absolute atomic E-state index is 0.365. The van der Waals surface area contributed by atoms with Crippen molar-refractivity contribution in [2.75, 3.05) is 6.61 Å². The first-order valence-corrected chi connectivity index (χ1v) is 33.2. The highest BCUT2D eigenvalue weighted by Crippen LogP contribution is 2.19. The second-order valence-electron chi connectivity index (χ2n) is 23.2. The average Bonchev–Trinajstić information content (AvgIpc) is 3.40. The lowest BCUT2D eigenvalue weighted by molar-refractivity contribution is -0.132. The maximum absolute atomic E-state index is 12.6. The zero-order valence-electron chi connectivity index (χ0n) is 49.4. The van der Waals surface area contributed by atoms with E-state index in [1.807, 2.05) is 0 Å². The van der Waals surface area contributed by atoms with Crippen molar-refractivity contribution in [1.82, 2.24) is 5.32 Å². The molecular weight excluding hydrogens is 899 g/mol. The Morgan fingerprint density at radius 1 is 0.329 bits per heavy atom. The molecule has 0 rings (SSSR count). The first-order valence-electron chi connectivity index (χ1n) is 33.2. The standard InChI is InChI=1S/C67H131NO5/c1-3-5-7-9-11-13-15-17-19-21-23-25-27-29-31-33-35-37-39-41-43-45-47-49-51-53-55-57-59-61-65(71)67(73)68-63(62-69)66(72)64(70)60-58-56-54-52-50-48-46-44-42-40-38-36-34-32-30-28-26-24-22-20-18-16-14-12-10-8-6-4-2/h29,31,52,54,63-66,69-72H,3-28,30,32-51,53,55-62H2,1-2H3,(H,68,73)/b31-29-,54-52+. The highest BCUT2D eigenvalue weighted by Gasteiger charge is 2.28. The van der Waals surface area contributed by atoms with E-state index in [2.05, 4.69) is 43.5 Å². The molecule has 0 spiro atoms. The molecule has 0 aliphatic carbocycles. The Labute approximate surface area is 456 Å². The van der Waals surface area contributed by atoms with Crippen molar-refractivity contribution < 1.29 is 25.2 Å². The third-order valence-electron chi connectivity index (χ3n) is 15.9. The van der Waals surface area contributed by atoms with E-state index < -0.39 is 36.9 Å². The van der Waals surface area contributed by atoms with Crippen LogP contribution in [0.5, 0.6) is 0 Å². The Bertz CT molecular complexity index is 1110. The molecule has 0 heterocycles. The van der Waals surface area contributed by atoms with Gasteiger partial charge in [-0.25, -0.2) is 0 Å². The van der Waals surface area contributed by atoms with Crippen LogP contribution in [0, 0.1) is 0 Å². The van der Waals surface area contributed by atoms with Gasteiger partial charge in [0, 0.05) is 0 Å². The fourth-order valence-electron chi connectivity index (χ4n) is 10.7. The molecule has 6 heteroatoms. The van der Waals surface area contributed by atoms with Crippen LogP contribution in [0.3, 0.4) is 0 Å². The van der Waals surface area contributed by atoms with Crippen molar-refractivity contribution in [3.63, 3.8) is 0 Å². The normalized spacial score (nSPS) is 13.7. The SMILES string of the molecule is CCCCCCCCCCCCCC/C=C\CCCCCCCCCCCCCCCC(O)C(=O)NC(CO)C(O)C(O)CCC/C=C/CCCCCCCCCCCCCCCCCCCCCCCCC. The van der Waals surface area contributed by atoms with Crippen molar-refractivity contribution in [2.24, 2.45) is 0 Å². The van der Waals surface area contributed by atoms with Gasteiger partial charge >= 0.3 is 0 Å². The number of hydrogen-bond acceptors (Lipinski definition) is 5. The summed E-state index contributed by atoms with van der Waals surface area (Å²) in [6.07, 6.45) is 77.2. The van der Waals surface area contributed by atoms with E-state index >= 15 is 0 Å². The van der Waals surface area contributed by atoms with E-state index in [9.17, 15) is 25.2 Å². The Balaban J connectivity index is 3.58. The molecule has 0 aromatic heterocycles. The van der Waals surface area contributed by atoms with E-state index in [1.54, 1.807) is 0 Å². The predicted octanol–water partition coefficient (Wildman–Crippen LogP) is 20.2. The van der Waals surface area contributed by atoms with E-state index in [-0.39, 0.29) is 0 Å². The van der Waals surface area contributed by atoms with Crippen LogP contribution in [0.1, 0.15) is 367 Å². The van der Waals surface area contributed by atoms with Crippen molar-refractivity contribution in [1.29, 1.82) is 0 Å². The lowest BCUT2D eigenvalue weighted by Gasteiger charge is -2.27. The lowest BCUT2D eigenvalue weighted by Crippen LogP contribution is -2.53. The van der Waals surface area contributed by atoms with Gasteiger partial charge in [-0.15, -0.1) is 0 Å². The van der Waals surface area contributed by atoms with Crippen molar-refractivity contribution in [2.45, 2.75) is 391 Å². The van der Waals surface area contributed by atoms with E-state index in [1.165, 1.54) is 302 Å². The highest BCUT2D eigenvalue weighted by atomic mass is 16.3. The van der Waals surface area contributed by atoms with Crippen LogP contribution in [0.2, 0.25) is 0 Å². The number of nitrogens with one attached hydrogen (secondary N) is 1. The van der Waals surface area contributed by atoms with Gasteiger partial charge in [-0.3, -0.25) is 4.79 Å². The molecule has 4 atom stereocenters. The van der Waals surface area contributed by atoms with Crippen molar-refractivity contribution in [3.05, 3.63) is 24.3 Å². The lowest BCUT2D eigenvalue weighted by atomic mass is 10.00. The number of aliphatic hydroxyl groups excluding tert-OH is 4. The summed E-state index contributed by atoms with van der Waals surface area (Å²) in [6.45, 7) is 4.10. The Kier molecular flexibility index (Phi) is 60.6. The molecule has 0 saturated heterocycles. The smallest absolute Gasteiger partial charge is 0.249 e. The quantitative estimate of drug-likeness (QED) is 0.0308. The summed E-state index contributed by atoms with van der Waals surface area (Å²) in [5, 5.41) is 44.1. The molecule has 0 radical (unpaired) electrons. The topological polar surface area (TPSA) is 110 Å². The highest BCUT2D eigenvalue weighted by molar-refractivity contribution is 5.80. The molecule has 434 valence electrons. The summed E-state index contributed by atoms with van der Waals surface area (Å²) < 4.78 is 0. The maximum Gasteiger partial charge on any atom is 0.249 e.